The minimum Gasteiger partial charge on any atom is -0.349 e. The fourth-order valence-corrected chi connectivity index (χ4v) is 3.27. The van der Waals surface area contributed by atoms with Gasteiger partial charge in [0.2, 0.25) is 5.91 Å². The molecular formula is C21H22ClN3O. The summed E-state index contributed by atoms with van der Waals surface area (Å²) >= 11 is 6.16. The van der Waals surface area contributed by atoms with Gasteiger partial charge in [-0.25, -0.2) is 4.98 Å². The molecule has 5 heteroatoms. The van der Waals surface area contributed by atoms with Crippen LogP contribution in [0.1, 0.15) is 36.2 Å². The van der Waals surface area contributed by atoms with Crippen molar-refractivity contribution >= 4 is 17.5 Å². The van der Waals surface area contributed by atoms with Crippen molar-refractivity contribution < 1.29 is 4.79 Å². The number of hydrogen-bond donors (Lipinski definition) is 1. The predicted octanol–water partition coefficient (Wildman–Crippen LogP) is 4.39. The van der Waals surface area contributed by atoms with Gasteiger partial charge in [-0.1, -0.05) is 54.1 Å². The van der Waals surface area contributed by atoms with Crippen molar-refractivity contribution in [1.29, 1.82) is 0 Å². The molecule has 134 valence electrons. The van der Waals surface area contributed by atoms with E-state index in [1.165, 1.54) is 0 Å². The Balaban J connectivity index is 1.74. The molecule has 0 bridgehead atoms. The number of carbonyl (C=O) groups excluding carboxylic acids is 1. The second-order valence-corrected chi connectivity index (χ2v) is 6.57. The minimum absolute atomic E-state index is 0.00974. The third-order valence-electron chi connectivity index (χ3n) is 4.43. The molecule has 0 unspecified atom stereocenters. The molecule has 0 fully saturated rings. The van der Waals surface area contributed by atoms with Gasteiger partial charge in [0.05, 0.1) is 6.54 Å². The van der Waals surface area contributed by atoms with Crippen LogP contribution < -0.4 is 5.32 Å². The monoisotopic (exact) mass is 367 g/mol. The minimum atomic E-state index is -0.0409. The first kappa shape index (κ1) is 18.2. The Morgan fingerprint density at radius 2 is 1.92 bits per heavy atom. The zero-order chi connectivity index (χ0) is 18.4. The topological polar surface area (TPSA) is 46.9 Å². The first-order chi connectivity index (χ1) is 12.7. The summed E-state index contributed by atoms with van der Waals surface area (Å²) in [5.41, 5.74) is 2.13. The van der Waals surface area contributed by atoms with Gasteiger partial charge in [-0.2, -0.15) is 0 Å². The van der Waals surface area contributed by atoms with Crippen LogP contribution in [0.3, 0.4) is 0 Å². The van der Waals surface area contributed by atoms with Crippen LogP contribution in [0.2, 0.25) is 5.02 Å². The Labute approximate surface area is 158 Å². The maximum atomic E-state index is 12.6. The Morgan fingerprint density at radius 3 is 2.65 bits per heavy atom. The van der Waals surface area contributed by atoms with Crippen LogP contribution >= 0.6 is 11.6 Å². The first-order valence-corrected chi connectivity index (χ1v) is 9.12. The van der Waals surface area contributed by atoms with E-state index in [4.69, 9.17) is 11.6 Å². The first-order valence-electron chi connectivity index (χ1n) is 8.74. The number of carbonyl (C=O) groups is 1. The van der Waals surface area contributed by atoms with E-state index < -0.39 is 0 Å². The summed E-state index contributed by atoms with van der Waals surface area (Å²) in [7, 11) is 0. The molecule has 0 radical (unpaired) electrons. The molecule has 26 heavy (non-hydrogen) atoms. The molecule has 0 aliphatic carbocycles. The molecule has 1 atom stereocenters. The van der Waals surface area contributed by atoms with Crippen molar-refractivity contribution in [3.63, 3.8) is 0 Å². The third kappa shape index (κ3) is 4.52. The van der Waals surface area contributed by atoms with Crippen molar-refractivity contribution in [1.82, 2.24) is 14.9 Å². The van der Waals surface area contributed by atoms with E-state index in [-0.39, 0.29) is 11.8 Å². The lowest BCUT2D eigenvalue weighted by Crippen LogP contribution is -2.26. The predicted molar refractivity (Wildman–Crippen MR) is 104 cm³/mol. The Hall–Kier alpha value is -2.59. The van der Waals surface area contributed by atoms with E-state index in [9.17, 15) is 4.79 Å². The summed E-state index contributed by atoms with van der Waals surface area (Å²) in [5, 5.41) is 3.66. The largest absolute Gasteiger partial charge is 0.349 e. The molecule has 1 heterocycles. The quantitative estimate of drug-likeness (QED) is 0.673. The van der Waals surface area contributed by atoms with Crippen molar-refractivity contribution in [2.75, 3.05) is 0 Å². The summed E-state index contributed by atoms with van der Waals surface area (Å²) in [6.45, 7) is 3.31. The molecule has 3 rings (SSSR count). The van der Waals surface area contributed by atoms with Crippen LogP contribution in [0.4, 0.5) is 0 Å². The van der Waals surface area contributed by atoms with E-state index in [0.29, 0.717) is 18.0 Å². The van der Waals surface area contributed by atoms with Crippen LogP contribution in [0.25, 0.3) is 0 Å². The van der Waals surface area contributed by atoms with Gasteiger partial charge in [0.25, 0.3) is 0 Å². The number of amides is 1. The van der Waals surface area contributed by atoms with Gasteiger partial charge < -0.3 is 9.88 Å². The zero-order valence-electron chi connectivity index (χ0n) is 14.7. The molecule has 1 N–H and O–H groups in total. The number of benzene rings is 2. The molecule has 0 aliphatic rings. The molecule has 0 spiro atoms. The van der Waals surface area contributed by atoms with E-state index in [1.807, 2.05) is 65.4 Å². The highest BCUT2D eigenvalue weighted by Crippen LogP contribution is 2.29. The maximum Gasteiger partial charge on any atom is 0.221 e. The van der Waals surface area contributed by atoms with E-state index in [2.05, 4.69) is 17.2 Å². The highest BCUT2D eigenvalue weighted by molar-refractivity contribution is 6.30. The molecule has 1 aromatic heterocycles. The molecule has 1 amide bonds. The highest BCUT2D eigenvalue weighted by Gasteiger charge is 2.18. The van der Waals surface area contributed by atoms with Crippen molar-refractivity contribution in [2.45, 2.75) is 32.4 Å². The van der Waals surface area contributed by atoms with Crippen molar-refractivity contribution in [3.8, 4) is 0 Å². The molecule has 0 saturated carbocycles. The fraction of sp³-hybridized carbons (Fsp3) is 0.238. The molecule has 0 aliphatic heterocycles. The number of imidazole rings is 1. The third-order valence-corrected chi connectivity index (χ3v) is 4.66. The highest BCUT2D eigenvalue weighted by atomic mass is 35.5. The van der Waals surface area contributed by atoms with Crippen molar-refractivity contribution in [3.05, 3.63) is 89.0 Å². The smallest absolute Gasteiger partial charge is 0.221 e. The van der Waals surface area contributed by atoms with Crippen LogP contribution in [0.15, 0.2) is 67.0 Å². The Kier molecular flexibility index (Phi) is 6.08. The number of aromatic nitrogens is 2. The van der Waals surface area contributed by atoms with E-state index in [1.54, 1.807) is 6.20 Å². The second kappa shape index (κ2) is 8.68. The second-order valence-electron chi connectivity index (χ2n) is 6.13. The summed E-state index contributed by atoms with van der Waals surface area (Å²) in [5.74, 6) is 0.810. The van der Waals surface area contributed by atoms with Gasteiger partial charge >= 0.3 is 0 Å². The lowest BCUT2D eigenvalue weighted by atomic mass is 9.88. The van der Waals surface area contributed by atoms with Gasteiger partial charge in [-0.05, 0) is 30.2 Å². The van der Waals surface area contributed by atoms with Crippen molar-refractivity contribution in [2.24, 2.45) is 0 Å². The van der Waals surface area contributed by atoms with E-state index >= 15 is 0 Å². The maximum absolute atomic E-state index is 12.6. The molecule has 0 saturated heterocycles. The number of nitrogens with zero attached hydrogens (tertiary/aromatic N) is 2. The summed E-state index contributed by atoms with van der Waals surface area (Å²) in [6, 6.07) is 17.7. The van der Waals surface area contributed by atoms with Gasteiger partial charge in [-0.3, -0.25) is 4.79 Å². The van der Waals surface area contributed by atoms with Gasteiger partial charge in [0.15, 0.2) is 0 Å². The summed E-state index contributed by atoms with van der Waals surface area (Å²) in [4.78, 5) is 16.9. The summed E-state index contributed by atoms with van der Waals surface area (Å²) in [6.07, 6.45) is 4.03. The summed E-state index contributed by atoms with van der Waals surface area (Å²) < 4.78 is 2.02. The van der Waals surface area contributed by atoms with E-state index in [0.717, 1.165) is 23.5 Å². The Morgan fingerprint density at radius 1 is 1.15 bits per heavy atom. The number of hydrogen-bond acceptors (Lipinski definition) is 2. The fourth-order valence-electron chi connectivity index (χ4n) is 3.07. The lowest BCUT2D eigenvalue weighted by Gasteiger charge is -2.18. The Bertz CT molecular complexity index is 860. The number of halogens is 1. The van der Waals surface area contributed by atoms with Gasteiger partial charge in [-0.15, -0.1) is 0 Å². The number of rotatable bonds is 7. The van der Waals surface area contributed by atoms with Crippen LogP contribution in [-0.4, -0.2) is 15.5 Å². The normalized spacial score (nSPS) is 11.9. The molecule has 2 aromatic carbocycles. The zero-order valence-corrected chi connectivity index (χ0v) is 15.5. The average Bonchev–Trinajstić information content (AvgIpc) is 3.13. The average molecular weight is 368 g/mol. The van der Waals surface area contributed by atoms with Crippen LogP contribution in [0.5, 0.6) is 0 Å². The van der Waals surface area contributed by atoms with Gasteiger partial charge in [0, 0.05) is 36.3 Å². The number of nitrogens with one attached hydrogen (secondary N) is 1. The lowest BCUT2D eigenvalue weighted by molar-refractivity contribution is -0.121. The van der Waals surface area contributed by atoms with Crippen LogP contribution in [-0.2, 0) is 17.9 Å². The van der Waals surface area contributed by atoms with Gasteiger partial charge in [0.1, 0.15) is 5.82 Å². The molecule has 3 aromatic rings. The molecular weight excluding hydrogens is 346 g/mol. The number of aryl methyl sites for hydroxylation is 1. The molecule has 4 nitrogen and oxygen atoms in total. The SMILES string of the molecule is CCn1ccnc1CNC(=O)C[C@H](c1ccccc1)c1cccc(Cl)c1. The van der Waals surface area contributed by atoms with Crippen LogP contribution in [0, 0.1) is 0 Å². The standard InChI is InChI=1S/C21H22ClN3O/c1-2-25-12-11-23-20(25)15-24-21(26)14-19(16-7-4-3-5-8-16)17-9-6-10-18(22)13-17/h3-13,19H,2,14-15H2,1H3,(H,24,26)/t19-/m1/s1.